The lowest BCUT2D eigenvalue weighted by Gasteiger charge is -2.28. The minimum Gasteiger partial charge on any atom is -0.487 e. The molecule has 0 amide bonds. The van der Waals surface area contributed by atoms with Crippen molar-refractivity contribution < 1.29 is 3.79 Å². The average Bonchev–Trinajstić information content (AvgIpc) is 2.44. The maximum atomic E-state index is 6.49. The van der Waals surface area contributed by atoms with E-state index in [1.807, 2.05) is 0 Å². The van der Waals surface area contributed by atoms with Crippen LogP contribution in [0.5, 0.6) is 0 Å². The van der Waals surface area contributed by atoms with Gasteiger partial charge in [0.25, 0.3) is 0 Å². The molecule has 0 aromatic rings. The van der Waals surface area contributed by atoms with Crippen LogP contribution < -0.4 is 0 Å². The molecule has 0 radical (unpaired) electrons. The molecule has 0 aromatic carbocycles. The van der Waals surface area contributed by atoms with Crippen LogP contribution in [-0.2, 0) is 3.79 Å². The van der Waals surface area contributed by atoms with E-state index in [2.05, 4.69) is 39.8 Å². The molecule has 1 atom stereocenters. The van der Waals surface area contributed by atoms with Crippen molar-refractivity contribution in [2.24, 2.45) is 0 Å². The van der Waals surface area contributed by atoms with Crippen molar-refractivity contribution in [2.75, 3.05) is 14.1 Å². The molecule has 0 aliphatic rings. The molecule has 0 bridgehead atoms. The van der Waals surface area contributed by atoms with Crippen LogP contribution in [0.25, 0.3) is 0 Å². The van der Waals surface area contributed by atoms with Crippen molar-refractivity contribution in [2.45, 2.75) is 95.4 Å². The van der Waals surface area contributed by atoms with Gasteiger partial charge in [0.05, 0.1) is 6.23 Å². The van der Waals surface area contributed by atoms with Crippen molar-refractivity contribution in [3.8, 4) is 0 Å². The third kappa shape index (κ3) is 11.1. The normalized spacial score (nSPS) is 12.9. The zero-order valence-corrected chi connectivity index (χ0v) is 15.9. The summed E-state index contributed by atoms with van der Waals surface area (Å²) in [7, 11) is 4.29. The van der Waals surface area contributed by atoms with Gasteiger partial charge in [-0.25, -0.2) is 0 Å². The maximum absolute atomic E-state index is 6.49. The Hall–Kier alpha value is 0.452. The van der Waals surface area contributed by atoms with Crippen molar-refractivity contribution >= 4 is 14.5 Å². The molecule has 0 fully saturated rings. The zero-order valence-electron chi connectivity index (χ0n) is 14.8. The lowest BCUT2D eigenvalue weighted by atomic mass is 10.2. The van der Waals surface area contributed by atoms with Crippen LogP contribution in [0.4, 0.5) is 0 Å². The molecule has 0 aliphatic heterocycles. The first-order valence-electron chi connectivity index (χ1n) is 8.97. The monoisotopic (exact) mass is 299 g/mol. The molecule has 120 valence electrons. The molecule has 0 rings (SSSR count). The summed E-state index contributed by atoms with van der Waals surface area (Å²) >= 11 is -0.992. The predicted molar refractivity (Wildman–Crippen MR) is 92.5 cm³/mol. The molecule has 0 heterocycles. The molecule has 3 heteroatoms. The van der Waals surface area contributed by atoms with Gasteiger partial charge in [-0.2, -0.15) is 0 Å². The van der Waals surface area contributed by atoms with Crippen LogP contribution in [0.15, 0.2) is 0 Å². The highest BCUT2D eigenvalue weighted by Crippen LogP contribution is 2.17. The topological polar surface area (TPSA) is 12.5 Å². The molecule has 0 saturated heterocycles. The van der Waals surface area contributed by atoms with E-state index >= 15 is 0 Å². The Morgan fingerprint density at radius 3 is 1.65 bits per heavy atom. The molecule has 0 saturated carbocycles. The SMILES string of the molecule is CCCCC[CH2][Al]([CH2]CCCCC)[O]C(CC)N(C)C. The molecule has 20 heavy (non-hydrogen) atoms. The number of hydrogen-bond acceptors (Lipinski definition) is 2. The Balaban J connectivity index is 4.08. The molecule has 0 N–H and O–H groups in total. The van der Waals surface area contributed by atoms with Gasteiger partial charge in [0.1, 0.15) is 0 Å². The van der Waals surface area contributed by atoms with Crippen LogP contribution in [-0.4, -0.2) is 39.7 Å². The first-order valence-corrected chi connectivity index (χ1v) is 11.1. The zero-order chi connectivity index (χ0) is 15.2. The first kappa shape index (κ1) is 20.5. The van der Waals surface area contributed by atoms with E-state index in [-0.39, 0.29) is 0 Å². The van der Waals surface area contributed by atoms with Crippen molar-refractivity contribution in [1.29, 1.82) is 0 Å². The summed E-state index contributed by atoms with van der Waals surface area (Å²) < 4.78 is 6.49. The number of hydrogen-bond donors (Lipinski definition) is 0. The second-order valence-electron chi connectivity index (χ2n) is 6.28. The van der Waals surface area contributed by atoms with E-state index in [0.29, 0.717) is 6.23 Å². The van der Waals surface area contributed by atoms with Crippen LogP contribution >= 0.6 is 0 Å². The lowest BCUT2D eigenvalue weighted by Crippen LogP contribution is -2.35. The fourth-order valence-electron chi connectivity index (χ4n) is 2.68. The van der Waals surface area contributed by atoms with Gasteiger partial charge in [-0.1, -0.05) is 82.7 Å². The van der Waals surface area contributed by atoms with Gasteiger partial charge >= 0.3 is 14.5 Å². The summed E-state index contributed by atoms with van der Waals surface area (Å²) in [5.74, 6) is 0. The van der Waals surface area contributed by atoms with Gasteiger partial charge in [0, 0.05) is 0 Å². The van der Waals surface area contributed by atoms with Crippen molar-refractivity contribution in [3.05, 3.63) is 0 Å². The van der Waals surface area contributed by atoms with E-state index in [0.717, 1.165) is 6.42 Å². The molecular weight excluding hydrogens is 261 g/mol. The number of unbranched alkanes of at least 4 members (excludes halogenated alkanes) is 6. The van der Waals surface area contributed by atoms with Gasteiger partial charge < -0.3 is 3.79 Å². The number of nitrogens with zero attached hydrogens (tertiary/aromatic N) is 1. The Labute approximate surface area is 133 Å². The molecule has 0 aliphatic carbocycles. The minimum absolute atomic E-state index is 0.351. The number of rotatable bonds is 14. The summed E-state index contributed by atoms with van der Waals surface area (Å²) in [6.45, 7) is 6.81. The van der Waals surface area contributed by atoms with Crippen LogP contribution in [0.1, 0.15) is 78.6 Å². The fourth-order valence-corrected chi connectivity index (χ4v) is 5.61. The summed E-state index contributed by atoms with van der Waals surface area (Å²) in [5.41, 5.74) is 0. The standard InChI is InChI=1S/2C6H13.C5H12NO.Al/c2*1-3-5-6-4-2;1-4-5(7)6(2)3;/h2*1,3-6H2,2H3;5H,4H2,1-3H3;/q;;-1;+1. The van der Waals surface area contributed by atoms with Gasteiger partial charge in [-0.15, -0.1) is 0 Å². The van der Waals surface area contributed by atoms with Crippen LogP contribution in [0.2, 0.25) is 10.6 Å². The van der Waals surface area contributed by atoms with E-state index in [9.17, 15) is 0 Å². The van der Waals surface area contributed by atoms with Gasteiger partial charge in [-0.05, 0) is 20.5 Å². The first-order chi connectivity index (χ1) is 9.65. The van der Waals surface area contributed by atoms with E-state index < -0.39 is 14.5 Å². The van der Waals surface area contributed by atoms with Crippen molar-refractivity contribution in [1.82, 2.24) is 4.90 Å². The molecule has 0 aromatic heterocycles. The Morgan fingerprint density at radius 2 is 1.30 bits per heavy atom. The molecule has 0 spiro atoms. The summed E-state index contributed by atoms with van der Waals surface area (Å²) in [6, 6.07) is 0. The highest BCUT2D eigenvalue weighted by Gasteiger charge is 2.23. The smallest absolute Gasteiger partial charge is 0.461 e. The third-order valence-electron chi connectivity index (χ3n) is 4.03. The van der Waals surface area contributed by atoms with Gasteiger partial charge in [0.15, 0.2) is 0 Å². The maximum Gasteiger partial charge on any atom is 0.461 e. The summed E-state index contributed by atoms with van der Waals surface area (Å²) in [6.07, 6.45) is 12.5. The average molecular weight is 299 g/mol. The minimum atomic E-state index is -0.992. The lowest BCUT2D eigenvalue weighted by molar-refractivity contribution is 0.0577. The molecule has 1 unspecified atom stereocenters. The third-order valence-corrected chi connectivity index (χ3v) is 6.84. The van der Waals surface area contributed by atoms with Gasteiger partial charge in [-0.3, -0.25) is 4.90 Å². The molecular formula is C17H38AlNO. The Bertz CT molecular complexity index is 187. The quantitative estimate of drug-likeness (QED) is 0.240. The fraction of sp³-hybridized carbons (Fsp3) is 1.00. The Kier molecular flexibility index (Phi) is 14.7. The largest absolute Gasteiger partial charge is 0.487 e. The second kappa shape index (κ2) is 14.4. The van der Waals surface area contributed by atoms with Crippen LogP contribution in [0, 0.1) is 0 Å². The highest BCUT2D eigenvalue weighted by molar-refractivity contribution is 6.51. The second-order valence-corrected chi connectivity index (χ2v) is 8.95. The van der Waals surface area contributed by atoms with Crippen molar-refractivity contribution in [3.63, 3.8) is 0 Å². The van der Waals surface area contributed by atoms with E-state index in [1.54, 1.807) is 0 Å². The summed E-state index contributed by atoms with van der Waals surface area (Å²) in [5, 5.41) is 2.77. The van der Waals surface area contributed by atoms with Gasteiger partial charge in [0.2, 0.25) is 0 Å². The predicted octanol–water partition coefficient (Wildman–Crippen LogP) is 5.45. The van der Waals surface area contributed by atoms with E-state index in [4.69, 9.17) is 3.79 Å². The molecule has 2 nitrogen and oxygen atoms in total. The Morgan fingerprint density at radius 1 is 0.800 bits per heavy atom. The van der Waals surface area contributed by atoms with E-state index in [1.165, 1.54) is 61.9 Å². The van der Waals surface area contributed by atoms with Crippen LogP contribution in [0.3, 0.4) is 0 Å². The highest BCUT2D eigenvalue weighted by atomic mass is 27.2. The summed E-state index contributed by atoms with van der Waals surface area (Å²) in [4.78, 5) is 2.25.